The predicted octanol–water partition coefficient (Wildman–Crippen LogP) is 2.82. The van der Waals surface area contributed by atoms with E-state index in [-0.39, 0.29) is 22.7 Å². The highest BCUT2D eigenvalue weighted by molar-refractivity contribution is 7.86. The van der Waals surface area contributed by atoms with Crippen molar-refractivity contribution in [3.63, 3.8) is 0 Å². The number of hydrogen-bond donors (Lipinski definition) is 0. The van der Waals surface area contributed by atoms with Crippen molar-refractivity contribution >= 4 is 16.1 Å². The Morgan fingerprint density at radius 2 is 1.91 bits per heavy atom. The number of hydrogen-bond acceptors (Lipinski definition) is 5. The summed E-state index contributed by atoms with van der Waals surface area (Å²) in [7, 11) is -3.88. The number of fused-ring (bicyclic) bond motifs is 4. The van der Waals surface area contributed by atoms with Gasteiger partial charge in [0.05, 0.1) is 10.8 Å². The zero-order valence-corrected chi connectivity index (χ0v) is 14.4. The van der Waals surface area contributed by atoms with Gasteiger partial charge in [0.15, 0.2) is 0 Å². The highest BCUT2D eigenvalue weighted by atomic mass is 32.2. The Hall–Kier alpha value is -1.40. The van der Waals surface area contributed by atoms with Crippen LogP contribution in [-0.2, 0) is 23.8 Å². The zero-order valence-electron chi connectivity index (χ0n) is 13.6. The number of carbonyl (C=O) groups is 1. The lowest BCUT2D eigenvalue weighted by molar-refractivity contribution is -0.167. The lowest BCUT2D eigenvalue weighted by atomic mass is 9.75. The van der Waals surface area contributed by atoms with E-state index in [0.717, 1.165) is 12.0 Å². The molecule has 0 amide bonds. The maximum absolute atomic E-state index is 12.5. The minimum atomic E-state index is -3.88. The molecule has 2 heterocycles. The first-order chi connectivity index (χ1) is 10.7. The maximum Gasteiger partial charge on any atom is 0.309 e. The molecule has 4 atom stereocenters. The van der Waals surface area contributed by atoms with Crippen molar-refractivity contribution in [1.82, 2.24) is 0 Å². The lowest BCUT2D eigenvalue weighted by Crippen LogP contribution is -2.47. The molecule has 2 bridgehead atoms. The second kappa shape index (κ2) is 5.60. The number of rotatable bonds is 3. The van der Waals surface area contributed by atoms with Crippen molar-refractivity contribution in [3.05, 3.63) is 29.8 Å². The van der Waals surface area contributed by atoms with Gasteiger partial charge in [0.25, 0.3) is 10.1 Å². The Morgan fingerprint density at radius 3 is 2.57 bits per heavy atom. The van der Waals surface area contributed by atoms with Gasteiger partial charge in [0.2, 0.25) is 0 Å². The van der Waals surface area contributed by atoms with Crippen LogP contribution in [0.4, 0.5) is 0 Å². The van der Waals surface area contributed by atoms with Gasteiger partial charge in [-0.15, -0.1) is 0 Å². The van der Waals surface area contributed by atoms with Crippen molar-refractivity contribution in [2.24, 2.45) is 11.8 Å². The van der Waals surface area contributed by atoms with E-state index >= 15 is 0 Å². The molecule has 6 heteroatoms. The molecule has 2 aliphatic heterocycles. The van der Waals surface area contributed by atoms with Crippen LogP contribution in [0.25, 0.3) is 0 Å². The molecule has 23 heavy (non-hydrogen) atoms. The molecular weight excluding hydrogens is 316 g/mol. The monoisotopic (exact) mass is 338 g/mol. The van der Waals surface area contributed by atoms with E-state index in [1.165, 1.54) is 12.1 Å². The fraction of sp³-hybridized carbons (Fsp3) is 0.588. The van der Waals surface area contributed by atoms with E-state index < -0.39 is 21.8 Å². The smallest absolute Gasteiger partial charge is 0.309 e. The molecule has 0 aromatic heterocycles. The molecule has 1 saturated carbocycles. The zero-order chi connectivity index (χ0) is 16.8. The van der Waals surface area contributed by atoms with Crippen molar-refractivity contribution in [2.45, 2.75) is 56.6 Å². The molecule has 0 N–H and O–H groups in total. The lowest BCUT2D eigenvalue weighted by Gasteiger charge is -2.38. The number of ether oxygens (including phenoxy) is 1. The highest BCUT2D eigenvalue weighted by Gasteiger charge is 2.52. The topological polar surface area (TPSA) is 69.7 Å². The normalized spacial score (nSPS) is 34.0. The Bertz CT molecular complexity index is 709. The first kappa shape index (κ1) is 16.5. The summed E-state index contributed by atoms with van der Waals surface area (Å²) in [6.45, 7) is 5.51. The number of benzene rings is 1. The van der Waals surface area contributed by atoms with Crippen LogP contribution in [0.15, 0.2) is 29.2 Å². The summed E-state index contributed by atoms with van der Waals surface area (Å²) in [4.78, 5) is 12.2. The second-order valence-corrected chi connectivity index (χ2v) is 8.48. The molecular formula is C17H22O5S. The fourth-order valence-electron chi connectivity index (χ4n) is 3.42. The van der Waals surface area contributed by atoms with Crippen molar-refractivity contribution < 1.29 is 22.1 Å². The third-order valence-corrected chi connectivity index (χ3v) is 6.51. The van der Waals surface area contributed by atoms with Gasteiger partial charge in [0, 0.05) is 0 Å². The van der Waals surface area contributed by atoms with Gasteiger partial charge in [-0.3, -0.25) is 8.98 Å². The van der Waals surface area contributed by atoms with Crippen LogP contribution in [0, 0.1) is 18.8 Å². The molecule has 3 aliphatic rings. The SMILES string of the molecule is Cc1ccc(S(=O)(=O)O[C@@H]2C[C@@H]3CC[C@@]2(C)OC(=O)C3C)cc1. The molecule has 0 spiro atoms. The third-order valence-electron chi connectivity index (χ3n) is 5.17. The molecule has 1 aromatic rings. The number of aryl methyl sites for hydroxylation is 1. The first-order valence-electron chi connectivity index (χ1n) is 7.94. The van der Waals surface area contributed by atoms with Crippen LogP contribution in [0.2, 0.25) is 0 Å². The standard InChI is InChI=1S/C17H22O5S/c1-11-4-6-14(7-5-11)23(19,20)22-15-10-13-8-9-17(15,3)21-16(18)12(13)2/h4-7,12-13,15H,8-10H2,1-3H3/t12?,13-,15+,17+/m0/s1. The van der Waals surface area contributed by atoms with E-state index in [1.54, 1.807) is 19.1 Å². The summed E-state index contributed by atoms with van der Waals surface area (Å²) in [5.41, 5.74) is 0.100. The number of esters is 1. The molecule has 5 nitrogen and oxygen atoms in total. The summed E-state index contributed by atoms with van der Waals surface area (Å²) < 4.78 is 36.2. The molecule has 1 aromatic carbocycles. The van der Waals surface area contributed by atoms with Gasteiger partial charge in [-0.2, -0.15) is 8.42 Å². The van der Waals surface area contributed by atoms with Gasteiger partial charge in [0.1, 0.15) is 11.7 Å². The molecule has 1 aliphatic carbocycles. The van der Waals surface area contributed by atoms with E-state index in [4.69, 9.17) is 8.92 Å². The Kier molecular flexibility index (Phi) is 4.01. The van der Waals surface area contributed by atoms with E-state index in [1.807, 2.05) is 13.8 Å². The van der Waals surface area contributed by atoms with Crippen LogP contribution in [0.3, 0.4) is 0 Å². The Morgan fingerprint density at radius 1 is 1.26 bits per heavy atom. The molecule has 4 rings (SSSR count). The summed E-state index contributed by atoms with van der Waals surface area (Å²) in [5.74, 6) is -0.363. The summed E-state index contributed by atoms with van der Waals surface area (Å²) in [6, 6.07) is 6.55. The molecule has 1 unspecified atom stereocenters. The van der Waals surface area contributed by atoms with Crippen LogP contribution < -0.4 is 0 Å². The van der Waals surface area contributed by atoms with Gasteiger partial charge >= 0.3 is 5.97 Å². The van der Waals surface area contributed by atoms with Crippen LogP contribution in [0.1, 0.15) is 38.7 Å². The van der Waals surface area contributed by atoms with Gasteiger partial charge in [-0.05, 0) is 51.2 Å². The van der Waals surface area contributed by atoms with Gasteiger partial charge < -0.3 is 4.74 Å². The highest BCUT2D eigenvalue weighted by Crippen LogP contribution is 2.45. The average Bonchev–Trinajstić information content (AvgIpc) is 2.63. The second-order valence-electron chi connectivity index (χ2n) is 6.91. The van der Waals surface area contributed by atoms with E-state index in [0.29, 0.717) is 12.8 Å². The summed E-state index contributed by atoms with van der Waals surface area (Å²) in [6.07, 6.45) is 1.37. The fourth-order valence-corrected chi connectivity index (χ4v) is 4.58. The van der Waals surface area contributed by atoms with Gasteiger partial charge in [-0.25, -0.2) is 0 Å². The molecule has 0 radical (unpaired) electrons. The van der Waals surface area contributed by atoms with Crippen molar-refractivity contribution in [3.8, 4) is 0 Å². The van der Waals surface area contributed by atoms with Gasteiger partial charge in [-0.1, -0.05) is 24.6 Å². The van der Waals surface area contributed by atoms with Crippen molar-refractivity contribution in [2.75, 3.05) is 0 Å². The van der Waals surface area contributed by atoms with Crippen molar-refractivity contribution in [1.29, 1.82) is 0 Å². The average molecular weight is 338 g/mol. The molecule has 126 valence electrons. The van der Waals surface area contributed by atoms with Crippen LogP contribution >= 0.6 is 0 Å². The Labute approximate surface area is 137 Å². The molecule has 3 fully saturated rings. The molecule has 2 saturated heterocycles. The minimum Gasteiger partial charge on any atom is -0.456 e. The quantitative estimate of drug-likeness (QED) is 0.626. The predicted molar refractivity (Wildman–Crippen MR) is 84.2 cm³/mol. The summed E-state index contributed by atoms with van der Waals surface area (Å²) in [5, 5.41) is 0. The van der Waals surface area contributed by atoms with Crippen LogP contribution in [-0.4, -0.2) is 26.1 Å². The van der Waals surface area contributed by atoms with E-state index in [2.05, 4.69) is 0 Å². The minimum absolute atomic E-state index is 0.108. The number of carbonyl (C=O) groups excluding carboxylic acids is 1. The third kappa shape index (κ3) is 3.02. The first-order valence-corrected chi connectivity index (χ1v) is 9.35. The Balaban J connectivity index is 1.87. The largest absolute Gasteiger partial charge is 0.456 e. The van der Waals surface area contributed by atoms with E-state index in [9.17, 15) is 13.2 Å². The van der Waals surface area contributed by atoms with Crippen LogP contribution in [0.5, 0.6) is 0 Å². The maximum atomic E-state index is 12.5. The summed E-state index contributed by atoms with van der Waals surface area (Å²) >= 11 is 0.